The van der Waals surface area contributed by atoms with Crippen molar-refractivity contribution in [2.24, 2.45) is 23.0 Å². The molecule has 0 radical (unpaired) electrons. The molecule has 4 atom stereocenters. The standard InChI is InChI=1S/C19H23NO2/c1-19-8-7-14-13-6-4-12(22-2)9-11(13)3-5-15(14)16(19)10-17(20)18(19)21/h4,6,9-10,14-16H,3,5,7-8,20H2,1-2H3/t14-,15-,16+,19-/m1/s1. The van der Waals surface area contributed by atoms with Crippen LogP contribution in [0.4, 0.5) is 0 Å². The third kappa shape index (κ3) is 1.71. The average molecular weight is 297 g/mol. The number of nitrogens with two attached hydrogens (primary N) is 1. The van der Waals surface area contributed by atoms with E-state index < -0.39 is 0 Å². The molecule has 0 aliphatic heterocycles. The maximum absolute atomic E-state index is 12.5. The lowest BCUT2D eigenvalue weighted by atomic mass is 9.55. The molecule has 2 N–H and O–H groups in total. The number of fused-ring (bicyclic) bond motifs is 5. The van der Waals surface area contributed by atoms with Crippen LogP contribution in [0.25, 0.3) is 0 Å². The zero-order valence-corrected chi connectivity index (χ0v) is 13.3. The van der Waals surface area contributed by atoms with E-state index in [2.05, 4.69) is 31.2 Å². The molecule has 0 unspecified atom stereocenters. The quantitative estimate of drug-likeness (QED) is 0.866. The molecule has 116 valence electrons. The highest BCUT2D eigenvalue weighted by Gasteiger charge is 2.54. The van der Waals surface area contributed by atoms with Gasteiger partial charge in [0.2, 0.25) is 0 Å². The molecule has 3 aliphatic rings. The normalized spacial score (nSPS) is 36.2. The number of rotatable bonds is 1. The van der Waals surface area contributed by atoms with Crippen molar-refractivity contribution in [3.8, 4) is 5.75 Å². The lowest BCUT2D eigenvalue weighted by molar-refractivity contribution is -0.127. The van der Waals surface area contributed by atoms with Crippen molar-refractivity contribution in [2.75, 3.05) is 7.11 Å². The van der Waals surface area contributed by atoms with Gasteiger partial charge in [-0.3, -0.25) is 4.79 Å². The monoisotopic (exact) mass is 297 g/mol. The highest BCUT2D eigenvalue weighted by molar-refractivity contribution is 6.01. The molecule has 0 aromatic heterocycles. The van der Waals surface area contributed by atoms with Gasteiger partial charge in [-0.2, -0.15) is 0 Å². The second kappa shape index (κ2) is 4.61. The number of aryl methyl sites for hydroxylation is 1. The smallest absolute Gasteiger partial charge is 0.184 e. The van der Waals surface area contributed by atoms with Crippen LogP contribution in [0, 0.1) is 17.3 Å². The first-order valence-corrected chi connectivity index (χ1v) is 8.23. The van der Waals surface area contributed by atoms with Crippen LogP contribution in [0.1, 0.15) is 43.2 Å². The number of benzene rings is 1. The van der Waals surface area contributed by atoms with E-state index in [0.717, 1.165) is 31.4 Å². The van der Waals surface area contributed by atoms with E-state index >= 15 is 0 Å². The Bertz CT molecular complexity index is 678. The molecule has 1 aromatic rings. The van der Waals surface area contributed by atoms with Crippen molar-refractivity contribution in [3.05, 3.63) is 41.1 Å². The Morgan fingerprint density at radius 2 is 2.14 bits per heavy atom. The molecule has 3 heteroatoms. The van der Waals surface area contributed by atoms with Crippen molar-refractivity contribution in [3.63, 3.8) is 0 Å². The summed E-state index contributed by atoms with van der Waals surface area (Å²) in [6.07, 6.45) is 6.31. The Morgan fingerprint density at radius 3 is 2.91 bits per heavy atom. The van der Waals surface area contributed by atoms with E-state index in [4.69, 9.17) is 10.5 Å². The maximum Gasteiger partial charge on any atom is 0.184 e. The fourth-order valence-corrected chi connectivity index (χ4v) is 5.11. The summed E-state index contributed by atoms with van der Waals surface area (Å²) < 4.78 is 5.36. The third-order valence-electron chi connectivity index (χ3n) is 6.33. The number of hydrogen-bond donors (Lipinski definition) is 1. The summed E-state index contributed by atoms with van der Waals surface area (Å²) in [7, 11) is 1.72. The van der Waals surface area contributed by atoms with Gasteiger partial charge in [-0.05, 0) is 66.7 Å². The zero-order chi connectivity index (χ0) is 15.5. The van der Waals surface area contributed by atoms with Crippen molar-refractivity contribution in [1.29, 1.82) is 0 Å². The van der Waals surface area contributed by atoms with Gasteiger partial charge in [0, 0.05) is 5.41 Å². The minimum Gasteiger partial charge on any atom is -0.497 e. The lowest BCUT2D eigenvalue weighted by Gasteiger charge is -2.47. The van der Waals surface area contributed by atoms with Gasteiger partial charge >= 0.3 is 0 Å². The van der Waals surface area contributed by atoms with E-state index in [1.807, 2.05) is 0 Å². The molecule has 22 heavy (non-hydrogen) atoms. The first-order chi connectivity index (χ1) is 10.5. The molecule has 1 saturated carbocycles. The fourth-order valence-electron chi connectivity index (χ4n) is 5.11. The van der Waals surface area contributed by atoms with E-state index in [-0.39, 0.29) is 11.2 Å². The maximum atomic E-state index is 12.5. The van der Waals surface area contributed by atoms with Crippen LogP contribution in [0.5, 0.6) is 5.75 Å². The number of carbonyl (C=O) groups excluding carboxylic acids is 1. The molecule has 0 bridgehead atoms. The van der Waals surface area contributed by atoms with Crippen molar-refractivity contribution in [2.45, 2.75) is 38.5 Å². The molecule has 3 aliphatic carbocycles. The van der Waals surface area contributed by atoms with Crippen LogP contribution < -0.4 is 10.5 Å². The van der Waals surface area contributed by atoms with E-state index in [1.165, 1.54) is 11.1 Å². The highest BCUT2D eigenvalue weighted by Crippen LogP contribution is 2.58. The largest absolute Gasteiger partial charge is 0.497 e. The summed E-state index contributed by atoms with van der Waals surface area (Å²) in [5, 5.41) is 0. The van der Waals surface area contributed by atoms with Crippen LogP contribution in [-0.2, 0) is 11.2 Å². The number of Topliss-reactive ketones (excluding diaryl/α,β-unsaturated/α-hetero) is 1. The molecule has 1 aromatic carbocycles. The molecule has 0 saturated heterocycles. The van der Waals surface area contributed by atoms with Crippen LogP contribution in [0.3, 0.4) is 0 Å². The van der Waals surface area contributed by atoms with Crippen LogP contribution >= 0.6 is 0 Å². The topological polar surface area (TPSA) is 52.3 Å². The van der Waals surface area contributed by atoms with Gasteiger partial charge in [-0.1, -0.05) is 19.1 Å². The van der Waals surface area contributed by atoms with Crippen LogP contribution in [-0.4, -0.2) is 12.9 Å². The van der Waals surface area contributed by atoms with Crippen molar-refractivity contribution in [1.82, 2.24) is 0 Å². The fraction of sp³-hybridized carbons (Fsp3) is 0.526. The number of allylic oxidation sites excluding steroid dienone is 2. The second-order valence-electron chi connectivity index (χ2n) is 7.31. The number of hydrogen-bond acceptors (Lipinski definition) is 3. The second-order valence-corrected chi connectivity index (χ2v) is 7.31. The molecular weight excluding hydrogens is 274 g/mol. The lowest BCUT2D eigenvalue weighted by Crippen LogP contribution is -2.43. The molecular formula is C19H23NO2. The average Bonchev–Trinajstić information content (AvgIpc) is 2.77. The highest BCUT2D eigenvalue weighted by atomic mass is 16.5. The van der Waals surface area contributed by atoms with Gasteiger partial charge in [0.15, 0.2) is 5.78 Å². The molecule has 1 fully saturated rings. The number of methoxy groups -OCH3 is 1. The van der Waals surface area contributed by atoms with Gasteiger partial charge in [-0.25, -0.2) is 0 Å². The Kier molecular flexibility index (Phi) is 2.91. The Balaban J connectivity index is 1.73. The summed E-state index contributed by atoms with van der Waals surface area (Å²) in [5.74, 6) is 2.54. The predicted molar refractivity (Wildman–Crippen MR) is 85.7 cm³/mol. The van der Waals surface area contributed by atoms with Crippen molar-refractivity contribution < 1.29 is 9.53 Å². The summed E-state index contributed by atoms with van der Waals surface area (Å²) in [6, 6.07) is 6.49. The summed E-state index contributed by atoms with van der Waals surface area (Å²) in [5.41, 5.74) is 9.10. The van der Waals surface area contributed by atoms with Gasteiger partial charge in [0.25, 0.3) is 0 Å². The van der Waals surface area contributed by atoms with Gasteiger partial charge < -0.3 is 10.5 Å². The Labute approximate surface area is 131 Å². The third-order valence-corrected chi connectivity index (χ3v) is 6.33. The zero-order valence-electron chi connectivity index (χ0n) is 13.3. The van der Waals surface area contributed by atoms with E-state index in [1.54, 1.807) is 7.11 Å². The minimum absolute atomic E-state index is 0.177. The predicted octanol–water partition coefficient (Wildman–Crippen LogP) is 3.18. The van der Waals surface area contributed by atoms with E-state index in [9.17, 15) is 4.79 Å². The van der Waals surface area contributed by atoms with Crippen molar-refractivity contribution >= 4 is 5.78 Å². The summed E-state index contributed by atoms with van der Waals surface area (Å²) in [4.78, 5) is 12.5. The molecule has 3 nitrogen and oxygen atoms in total. The van der Waals surface area contributed by atoms with Crippen LogP contribution in [0.15, 0.2) is 30.0 Å². The van der Waals surface area contributed by atoms with Crippen LogP contribution in [0.2, 0.25) is 0 Å². The van der Waals surface area contributed by atoms with Gasteiger partial charge in [-0.15, -0.1) is 0 Å². The number of ether oxygens (including phenoxy) is 1. The first kappa shape index (κ1) is 13.9. The molecule has 0 spiro atoms. The Hall–Kier alpha value is -1.77. The molecule has 4 rings (SSSR count). The SMILES string of the molecule is COc1ccc2c(c1)CC[C@@H]1[C@@H]2CC[C@@]2(C)C(=O)C(N)=C[C@@H]12. The number of ketones is 1. The Morgan fingerprint density at radius 1 is 1.32 bits per heavy atom. The van der Waals surface area contributed by atoms with Gasteiger partial charge in [0.05, 0.1) is 12.8 Å². The first-order valence-electron chi connectivity index (χ1n) is 8.23. The molecule has 0 heterocycles. The number of carbonyl (C=O) groups is 1. The summed E-state index contributed by atoms with van der Waals surface area (Å²) >= 11 is 0. The van der Waals surface area contributed by atoms with E-state index in [0.29, 0.717) is 23.5 Å². The van der Waals surface area contributed by atoms with Gasteiger partial charge in [0.1, 0.15) is 5.75 Å². The molecule has 0 amide bonds. The minimum atomic E-state index is -0.255. The summed E-state index contributed by atoms with van der Waals surface area (Å²) in [6.45, 7) is 2.12.